The number of methoxy groups -OCH3 is 1. The number of halogens is 13. The molecule has 0 aliphatic heterocycles. The Morgan fingerprint density at radius 3 is 2.06 bits per heavy atom. The zero-order valence-corrected chi connectivity index (χ0v) is 24.2. The van der Waals surface area contributed by atoms with Crippen molar-refractivity contribution in [3.05, 3.63) is 81.6 Å². The van der Waals surface area contributed by atoms with Crippen LogP contribution in [-0.2, 0) is 6.18 Å². The van der Waals surface area contributed by atoms with Crippen LogP contribution >= 0.6 is 11.6 Å². The largest absolute Gasteiger partial charge is 0.494 e. The average Bonchev–Trinajstić information content (AvgIpc) is 2.92. The molecule has 0 aromatic heterocycles. The van der Waals surface area contributed by atoms with E-state index in [1.807, 2.05) is 5.32 Å². The van der Waals surface area contributed by atoms with E-state index >= 15 is 0 Å². The number of rotatable bonds is 9. The van der Waals surface area contributed by atoms with E-state index in [1.165, 1.54) is 13.0 Å². The van der Waals surface area contributed by atoms with Crippen LogP contribution in [0, 0.1) is 5.82 Å². The van der Waals surface area contributed by atoms with Crippen molar-refractivity contribution in [2.24, 2.45) is 0 Å². The number of carbonyl (C=O) groups excluding carboxylic acids is 2. The lowest BCUT2D eigenvalue weighted by Gasteiger charge is -2.26. The molecule has 0 radical (unpaired) electrons. The van der Waals surface area contributed by atoms with Gasteiger partial charge in [-0.25, -0.2) is 4.39 Å². The van der Waals surface area contributed by atoms with E-state index in [0.717, 1.165) is 30.2 Å². The summed E-state index contributed by atoms with van der Waals surface area (Å²) in [6.07, 6.45) is -17.0. The maximum atomic E-state index is 13.8. The molecule has 3 aromatic carbocycles. The second kappa shape index (κ2) is 13.8. The molecule has 256 valence electrons. The van der Waals surface area contributed by atoms with Gasteiger partial charge in [0.2, 0.25) is 0 Å². The van der Waals surface area contributed by atoms with Gasteiger partial charge in [-0.2, -0.15) is 48.3 Å². The highest BCUT2D eigenvalue weighted by atomic mass is 35.5. The van der Waals surface area contributed by atoms with Crippen LogP contribution in [-0.4, -0.2) is 44.4 Å². The molecule has 3 aromatic rings. The highest BCUT2D eigenvalue weighted by molar-refractivity contribution is 6.34. The van der Waals surface area contributed by atoms with Crippen molar-refractivity contribution in [1.82, 2.24) is 0 Å². The van der Waals surface area contributed by atoms with E-state index in [9.17, 15) is 62.3 Å². The smallest absolute Gasteiger partial charge is 0.419 e. The fourth-order valence-corrected chi connectivity index (χ4v) is 4.67. The summed E-state index contributed by atoms with van der Waals surface area (Å²) in [5.74, 6) is -10.1. The van der Waals surface area contributed by atoms with Crippen molar-refractivity contribution >= 4 is 34.8 Å². The third-order valence-electron chi connectivity index (χ3n) is 6.33. The highest BCUT2D eigenvalue weighted by Gasteiger charge is 2.57. The van der Waals surface area contributed by atoms with E-state index in [2.05, 4.69) is 4.74 Å². The van der Waals surface area contributed by atoms with Crippen molar-refractivity contribution in [2.75, 3.05) is 23.9 Å². The second-order valence-electron chi connectivity index (χ2n) is 9.32. The molecule has 19 heteroatoms. The maximum Gasteiger partial charge on any atom is 0.419 e. The Kier molecular flexibility index (Phi) is 10.9. The maximum absolute atomic E-state index is 13.8. The molecule has 2 amide bonds. The molecule has 0 atom stereocenters. The Balaban J connectivity index is 2.09. The molecule has 0 heterocycles. The van der Waals surface area contributed by atoms with Gasteiger partial charge in [-0.1, -0.05) is 17.7 Å². The first-order valence-corrected chi connectivity index (χ1v) is 13.1. The Morgan fingerprint density at radius 1 is 0.936 bits per heavy atom. The first-order chi connectivity index (χ1) is 21.6. The van der Waals surface area contributed by atoms with Crippen LogP contribution in [0.25, 0.3) is 0 Å². The van der Waals surface area contributed by atoms with E-state index in [0.29, 0.717) is 6.07 Å². The minimum Gasteiger partial charge on any atom is -0.494 e. The van der Waals surface area contributed by atoms with Crippen LogP contribution < -0.4 is 19.7 Å². The van der Waals surface area contributed by atoms with Gasteiger partial charge in [0.05, 0.1) is 28.9 Å². The summed E-state index contributed by atoms with van der Waals surface area (Å²) in [6.45, 7) is -2.69. The number of nitrogens with zero attached hydrogens (tertiary/aromatic N) is 1. The van der Waals surface area contributed by atoms with Crippen LogP contribution in [0.5, 0.6) is 11.5 Å². The van der Waals surface area contributed by atoms with Crippen LogP contribution in [0.4, 0.5) is 64.1 Å². The molecule has 0 unspecified atom stereocenters. The molecule has 0 bridgehead atoms. The zero-order chi connectivity index (χ0) is 35.6. The van der Waals surface area contributed by atoms with Gasteiger partial charge in [0.15, 0.2) is 17.4 Å². The van der Waals surface area contributed by atoms with Gasteiger partial charge in [0, 0.05) is 12.1 Å². The van der Waals surface area contributed by atoms with Crippen molar-refractivity contribution in [2.45, 2.75) is 38.0 Å². The monoisotopic (exact) mass is 710 g/mol. The molecule has 0 saturated heterocycles. The number of carbonyl (C=O) groups is 2. The summed E-state index contributed by atoms with van der Waals surface area (Å²) in [7, 11) is 0.995. The molecule has 0 aliphatic rings. The van der Waals surface area contributed by atoms with E-state index in [4.69, 9.17) is 16.3 Å². The molecule has 0 spiro atoms. The highest BCUT2D eigenvalue weighted by Crippen LogP contribution is 2.49. The molecular formula is C28H19ClF12N2O4. The quantitative estimate of drug-likeness (QED) is 0.225. The topological polar surface area (TPSA) is 67.9 Å². The fraction of sp³-hybridized carbons (Fsp3) is 0.286. The molecular weight excluding hydrogens is 692 g/mol. The molecule has 3 rings (SSSR count). The summed E-state index contributed by atoms with van der Waals surface area (Å²) in [4.78, 5) is 27.4. The molecule has 47 heavy (non-hydrogen) atoms. The molecule has 0 saturated carbocycles. The Labute approximate surface area is 261 Å². The van der Waals surface area contributed by atoms with E-state index < -0.39 is 93.2 Å². The lowest BCUT2D eigenvalue weighted by atomic mass is 9.97. The Bertz CT molecular complexity index is 1630. The van der Waals surface area contributed by atoms with Gasteiger partial charge in [-0.05, 0) is 55.0 Å². The summed E-state index contributed by atoms with van der Waals surface area (Å²) < 4.78 is 169. The number of alkyl halides is 11. The molecule has 0 fully saturated rings. The van der Waals surface area contributed by atoms with Crippen molar-refractivity contribution in [1.29, 1.82) is 0 Å². The third kappa shape index (κ3) is 8.33. The van der Waals surface area contributed by atoms with E-state index in [1.54, 1.807) is 0 Å². The number of para-hydroxylation sites is 1. The summed E-state index contributed by atoms with van der Waals surface area (Å²) in [5, 5.41) is 0.885. The predicted octanol–water partition coefficient (Wildman–Crippen LogP) is 9.24. The standard InChI is InChI=1S/C28H19ClF12N2O4/c1-3-43(24(45)12-7-8-17(30)15(9-12)26(33,34)35)18-6-4-5-14(21(18)46-2)23(44)42-20-16(29)10-13(11-19(20)47-25(31)32)22(27(36,37)38)28(39,40)41/h4-11,22,25H,3H2,1-2H3,(H,42,44). The van der Waals surface area contributed by atoms with Gasteiger partial charge >= 0.3 is 25.1 Å². The average molecular weight is 711 g/mol. The van der Waals surface area contributed by atoms with Crippen molar-refractivity contribution in [3.8, 4) is 11.5 Å². The second-order valence-corrected chi connectivity index (χ2v) is 9.73. The van der Waals surface area contributed by atoms with Gasteiger partial charge in [0.1, 0.15) is 11.5 Å². The third-order valence-corrected chi connectivity index (χ3v) is 6.63. The van der Waals surface area contributed by atoms with Crippen LogP contribution in [0.15, 0.2) is 48.5 Å². The van der Waals surface area contributed by atoms with Crippen molar-refractivity contribution < 1.29 is 71.7 Å². The summed E-state index contributed by atoms with van der Waals surface area (Å²) >= 11 is 5.87. The van der Waals surface area contributed by atoms with E-state index in [-0.39, 0.29) is 30.4 Å². The molecule has 6 nitrogen and oxygen atoms in total. The number of benzene rings is 3. The first kappa shape index (κ1) is 37.1. The SMILES string of the molecule is CCN(C(=O)c1ccc(F)c(C(F)(F)F)c1)c1cccc(C(=O)Nc2c(Cl)cc(C(C(F)(F)F)C(F)(F)F)cc2OC(F)F)c1OC. The zero-order valence-electron chi connectivity index (χ0n) is 23.5. The minimum atomic E-state index is -5.94. The number of anilines is 2. The molecule has 0 aliphatic carbocycles. The summed E-state index contributed by atoms with van der Waals surface area (Å²) in [6, 6.07) is 4.95. The minimum absolute atomic E-state index is 0.0255. The predicted molar refractivity (Wildman–Crippen MR) is 143 cm³/mol. The number of ether oxygens (including phenoxy) is 2. The Morgan fingerprint density at radius 2 is 1.55 bits per heavy atom. The number of amides is 2. The normalized spacial score (nSPS) is 12.4. The number of hydrogen-bond acceptors (Lipinski definition) is 4. The Hall–Kier alpha value is -4.35. The number of hydrogen-bond donors (Lipinski definition) is 1. The van der Waals surface area contributed by atoms with Gasteiger partial charge in [0.25, 0.3) is 11.8 Å². The number of nitrogens with one attached hydrogen (secondary N) is 1. The van der Waals surface area contributed by atoms with Gasteiger partial charge < -0.3 is 19.7 Å². The van der Waals surface area contributed by atoms with Crippen LogP contribution in [0.3, 0.4) is 0 Å². The fourth-order valence-electron chi connectivity index (χ4n) is 4.41. The first-order valence-electron chi connectivity index (χ1n) is 12.7. The summed E-state index contributed by atoms with van der Waals surface area (Å²) in [5.41, 5.74) is -5.71. The van der Waals surface area contributed by atoms with Crippen LogP contribution in [0.2, 0.25) is 5.02 Å². The van der Waals surface area contributed by atoms with Gasteiger partial charge in [-0.15, -0.1) is 0 Å². The molecule has 1 N–H and O–H groups in total. The van der Waals surface area contributed by atoms with Crippen LogP contribution in [0.1, 0.15) is 44.7 Å². The van der Waals surface area contributed by atoms with Gasteiger partial charge in [-0.3, -0.25) is 9.59 Å². The van der Waals surface area contributed by atoms with Crippen molar-refractivity contribution in [3.63, 3.8) is 0 Å². The lowest BCUT2D eigenvalue weighted by molar-refractivity contribution is -0.253. The lowest BCUT2D eigenvalue weighted by Crippen LogP contribution is -2.34.